The summed E-state index contributed by atoms with van der Waals surface area (Å²) in [6.45, 7) is 1.46. The Labute approximate surface area is 130 Å². The summed E-state index contributed by atoms with van der Waals surface area (Å²) in [7, 11) is 2.01. The summed E-state index contributed by atoms with van der Waals surface area (Å²) >= 11 is 0. The first-order chi connectivity index (χ1) is 10.6. The number of nitrogens with zero attached hydrogens (tertiary/aromatic N) is 3. The monoisotopic (exact) mass is 308 g/mol. The van der Waals surface area contributed by atoms with Gasteiger partial charge in [-0.25, -0.2) is 14.2 Å². The van der Waals surface area contributed by atoms with Crippen LogP contribution < -0.4 is 5.32 Å². The molecule has 1 aromatic rings. The highest BCUT2D eigenvalue weighted by atomic mass is 19.1. The fourth-order valence-electron chi connectivity index (χ4n) is 3.64. The molecule has 0 aromatic carbocycles. The van der Waals surface area contributed by atoms with E-state index in [4.69, 9.17) is 0 Å². The quantitative estimate of drug-likeness (QED) is 0.913. The van der Waals surface area contributed by atoms with Gasteiger partial charge >= 0.3 is 6.03 Å². The number of alkyl halides is 1. The van der Waals surface area contributed by atoms with Crippen molar-refractivity contribution >= 4 is 6.03 Å². The van der Waals surface area contributed by atoms with Crippen LogP contribution in [0.3, 0.4) is 0 Å². The first kappa shape index (κ1) is 15.3. The van der Waals surface area contributed by atoms with Crippen molar-refractivity contribution in [3.8, 4) is 0 Å². The average molecular weight is 308 g/mol. The van der Waals surface area contributed by atoms with Gasteiger partial charge in [-0.2, -0.15) is 0 Å². The fourth-order valence-corrected chi connectivity index (χ4v) is 3.64. The third-order valence-corrected chi connectivity index (χ3v) is 5.04. The Morgan fingerprint density at radius 2 is 2.00 bits per heavy atom. The number of hydrogen-bond donors (Lipinski definition) is 1. The first-order valence-corrected chi connectivity index (χ1v) is 8.31. The molecule has 3 rings (SSSR count). The molecule has 0 radical (unpaired) electrons. The van der Waals surface area contributed by atoms with E-state index in [9.17, 15) is 9.18 Å². The van der Waals surface area contributed by atoms with Gasteiger partial charge in [0.25, 0.3) is 0 Å². The van der Waals surface area contributed by atoms with Crippen molar-refractivity contribution in [1.29, 1.82) is 0 Å². The number of nitrogens with one attached hydrogen (secondary N) is 1. The van der Waals surface area contributed by atoms with Crippen LogP contribution >= 0.6 is 0 Å². The van der Waals surface area contributed by atoms with Crippen LogP contribution in [-0.2, 0) is 7.05 Å². The Balaban J connectivity index is 1.50. The maximum Gasteiger partial charge on any atom is 0.317 e. The molecule has 1 saturated carbocycles. The molecule has 0 unspecified atom stereocenters. The van der Waals surface area contributed by atoms with Crippen LogP contribution in [-0.4, -0.2) is 45.8 Å². The molecule has 2 aliphatic rings. The van der Waals surface area contributed by atoms with Crippen molar-refractivity contribution in [3.05, 3.63) is 18.2 Å². The van der Waals surface area contributed by atoms with Gasteiger partial charge in [0.1, 0.15) is 6.17 Å². The molecule has 1 aliphatic carbocycles. The summed E-state index contributed by atoms with van der Waals surface area (Å²) in [5, 5.41) is 2.89. The van der Waals surface area contributed by atoms with E-state index >= 15 is 0 Å². The molecular weight excluding hydrogens is 283 g/mol. The molecule has 2 fully saturated rings. The lowest BCUT2D eigenvalue weighted by molar-refractivity contribution is 0.152. The van der Waals surface area contributed by atoms with Crippen molar-refractivity contribution < 1.29 is 9.18 Å². The zero-order chi connectivity index (χ0) is 15.5. The molecule has 2 heterocycles. The largest absolute Gasteiger partial charge is 0.337 e. The number of piperidine rings is 1. The molecule has 0 bridgehead atoms. The van der Waals surface area contributed by atoms with E-state index in [-0.39, 0.29) is 12.1 Å². The highest BCUT2D eigenvalue weighted by Crippen LogP contribution is 2.28. The number of halogens is 1. The normalized spacial score (nSPS) is 26.9. The number of likely N-dealkylation sites (tertiary alicyclic amines) is 1. The topological polar surface area (TPSA) is 50.2 Å². The molecule has 22 heavy (non-hydrogen) atoms. The number of rotatable bonds is 2. The molecule has 5 nitrogen and oxygen atoms in total. The smallest absolute Gasteiger partial charge is 0.317 e. The zero-order valence-electron chi connectivity index (χ0n) is 13.2. The van der Waals surface area contributed by atoms with Crippen LogP contribution in [0, 0.1) is 0 Å². The Morgan fingerprint density at radius 1 is 1.27 bits per heavy atom. The van der Waals surface area contributed by atoms with Gasteiger partial charge in [-0.15, -0.1) is 0 Å². The highest BCUT2D eigenvalue weighted by Gasteiger charge is 2.30. The predicted molar refractivity (Wildman–Crippen MR) is 82.4 cm³/mol. The maximum absolute atomic E-state index is 13.8. The van der Waals surface area contributed by atoms with Gasteiger partial charge in [-0.1, -0.05) is 12.8 Å². The van der Waals surface area contributed by atoms with Crippen molar-refractivity contribution in [2.45, 2.75) is 56.7 Å². The number of aryl methyl sites for hydroxylation is 1. The van der Waals surface area contributed by atoms with Gasteiger partial charge in [-0.3, -0.25) is 0 Å². The van der Waals surface area contributed by atoms with Gasteiger partial charge in [0.2, 0.25) is 0 Å². The number of carbonyl (C=O) groups is 1. The van der Waals surface area contributed by atoms with Gasteiger partial charge in [0, 0.05) is 37.9 Å². The van der Waals surface area contributed by atoms with E-state index in [1.54, 1.807) is 0 Å². The van der Waals surface area contributed by atoms with Crippen LogP contribution in [0.25, 0.3) is 0 Å². The van der Waals surface area contributed by atoms with E-state index in [0.29, 0.717) is 12.3 Å². The van der Waals surface area contributed by atoms with E-state index in [1.165, 1.54) is 5.69 Å². The molecule has 6 heteroatoms. The minimum absolute atomic E-state index is 0.0991. The number of aromatic nitrogens is 2. The van der Waals surface area contributed by atoms with E-state index in [1.807, 2.05) is 24.5 Å². The summed E-state index contributed by atoms with van der Waals surface area (Å²) in [5.41, 5.74) is 1.23. The third-order valence-electron chi connectivity index (χ3n) is 5.04. The molecule has 2 amide bonds. The molecule has 1 aliphatic heterocycles. The van der Waals surface area contributed by atoms with Crippen LogP contribution in [0.2, 0.25) is 0 Å². The highest BCUT2D eigenvalue weighted by molar-refractivity contribution is 5.74. The number of hydrogen-bond acceptors (Lipinski definition) is 2. The number of imidazole rings is 1. The number of carbonyl (C=O) groups excluding carboxylic acids is 1. The lowest BCUT2D eigenvalue weighted by atomic mass is 9.93. The number of amides is 2. The zero-order valence-corrected chi connectivity index (χ0v) is 13.2. The molecule has 2 atom stereocenters. The Hall–Kier alpha value is -1.59. The minimum Gasteiger partial charge on any atom is -0.337 e. The van der Waals surface area contributed by atoms with E-state index < -0.39 is 6.17 Å². The Kier molecular flexibility index (Phi) is 4.64. The molecule has 1 saturated heterocycles. The van der Waals surface area contributed by atoms with Crippen molar-refractivity contribution in [2.24, 2.45) is 7.05 Å². The summed E-state index contributed by atoms with van der Waals surface area (Å²) < 4.78 is 15.9. The number of urea groups is 1. The van der Waals surface area contributed by atoms with Crippen molar-refractivity contribution in [2.75, 3.05) is 13.1 Å². The van der Waals surface area contributed by atoms with Crippen molar-refractivity contribution in [3.63, 3.8) is 0 Å². The van der Waals surface area contributed by atoms with Gasteiger partial charge in [-0.05, 0) is 25.7 Å². The molecule has 0 spiro atoms. The summed E-state index contributed by atoms with van der Waals surface area (Å²) in [4.78, 5) is 18.3. The predicted octanol–water partition coefficient (Wildman–Crippen LogP) is 2.59. The van der Waals surface area contributed by atoms with Gasteiger partial charge < -0.3 is 14.8 Å². The standard InChI is InChI=1S/C16H25FN4O/c1-20-11-18-10-15(20)12-6-8-21(9-7-12)16(22)19-14-5-3-2-4-13(14)17/h10-14H,2-9H2,1H3,(H,19,22)/t13-,14+/m0/s1. The molecule has 1 N–H and O–H groups in total. The third kappa shape index (κ3) is 3.25. The lowest BCUT2D eigenvalue weighted by Crippen LogP contribution is -2.51. The van der Waals surface area contributed by atoms with Crippen LogP contribution in [0.5, 0.6) is 0 Å². The maximum atomic E-state index is 13.8. The lowest BCUT2D eigenvalue weighted by Gasteiger charge is -2.34. The fraction of sp³-hybridized carbons (Fsp3) is 0.750. The molecule has 1 aromatic heterocycles. The van der Waals surface area contributed by atoms with Crippen LogP contribution in [0.15, 0.2) is 12.5 Å². The summed E-state index contributed by atoms with van der Waals surface area (Å²) in [6, 6.07) is -0.394. The van der Waals surface area contributed by atoms with Crippen molar-refractivity contribution in [1.82, 2.24) is 19.8 Å². The van der Waals surface area contributed by atoms with Crippen LogP contribution in [0.4, 0.5) is 9.18 Å². The SMILES string of the molecule is Cn1cncc1C1CCN(C(=O)N[C@@H]2CCCC[C@@H]2F)CC1. The van der Waals surface area contributed by atoms with E-state index in [2.05, 4.69) is 14.9 Å². The first-order valence-electron chi connectivity index (χ1n) is 8.31. The summed E-state index contributed by atoms with van der Waals surface area (Å²) in [6.07, 6.45) is 8.01. The van der Waals surface area contributed by atoms with Gasteiger partial charge in [0.05, 0.1) is 12.4 Å². The van der Waals surface area contributed by atoms with E-state index in [0.717, 1.165) is 45.2 Å². The average Bonchev–Trinajstić information content (AvgIpc) is 2.96. The summed E-state index contributed by atoms with van der Waals surface area (Å²) in [5.74, 6) is 0.458. The Bertz CT molecular complexity index is 510. The second-order valence-corrected chi connectivity index (χ2v) is 6.55. The second-order valence-electron chi connectivity index (χ2n) is 6.55. The minimum atomic E-state index is -0.885. The molecular formula is C16H25FN4O. The van der Waals surface area contributed by atoms with Crippen LogP contribution in [0.1, 0.15) is 50.1 Å². The van der Waals surface area contributed by atoms with Gasteiger partial charge in [0.15, 0.2) is 0 Å². The molecule has 122 valence electrons. The second kappa shape index (κ2) is 6.67. The Morgan fingerprint density at radius 3 is 2.64 bits per heavy atom.